The summed E-state index contributed by atoms with van der Waals surface area (Å²) in [6.07, 6.45) is 5.11. The number of carbonyl (C=O) groups is 1. The summed E-state index contributed by atoms with van der Waals surface area (Å²) in [6, 6.07) is 1.79. The highest BCUT2D eigenvalue weighted by molar-refractivity contribution is 5.96. The number of Topliss-reactive ketones (excluding diaryl/α,β-unsaturated/α-hetero) is 1. The van der Waals surface area contributed by atoms with Gasteiger partial charge in [-0.1, -0.05) is 6.42 Å². The molecule has 0 spiro atoms. The highest BCUT2D eigenvalue weighted by Crippen LogP contribution is 2.29. The van der Waals surface area contributed by atoms with Crippen molar-refractivity contribution in [1.82, 2.24) is 9.78 Å². The Labute approximate surface area is 71.4 Å². The molecule has 0 N–H and O–H groups in total. The Kier molecular flexibility index (Phi) is 1.71. The van der Waals surface area contributed by atoms with Crippen LogP contribution in [-0.2, 0) is 7.05 Å². The van der Waals surface area contributed by atoms with Crippen molar-refractivity contribution in [3.05, 3.63) is 18.0 Å². The Bertz CT molecular complexity index is 299. The summed E-state index contributed by atoms with van der Waals surface area (Å²) in [5.74, 6) is 0.488. The molecule has 1 aliphatic rings. The lowest BCUT2D eigenvalue weighted by Gasteiger charge is -2.22. The van der Waals surface area contributed by atoms with E-state index in [0.717, 1.165) is 12.8 Å². The van der Waals surface area contributed by atoms with Crippen LogP contribution < -0.4 is 0 Å². The molecule has 2 rings (SSSR count). The molecule has 1 aliphatic carbocycles. The second-order valence-electron chi connectivity index (χ2n) is 3.37. The molecule has 12 heavy (non-hydrogen) atoms. The summed E-state index contributed by atoms with van der Waals surface area (Å²) in [5, 5.41) is 4.08. The molecule has 0 amide bonds. The van der Waals surface area contributed by atoms with Gasteiger partial charge in [0.2, 0.25) is 0 Å². The summed E-state index contributed by atoms with van der Waals surface area (Å²) >= 11 is 0. The molecule has 0 saturated heterocycles. The largest absolute Gasteiger partial charge is 0.292 e. The van der Waals surface area contributed by atoms with Gasteiger partial charge in [-0.25, -0.2) is 0 Å². The number of rotatable bonds is 2. The predicted octanol–water partition coefficient (Wildman–Crippen LogP) is 1.40. The normalized spacial score (nSPS) is 17.4. The second-order valence-corrected chi connectivity index (χ2v) is 3.37. The average Bonchev–Trinajstić information content (AvgIpc) is 2.31. The van der Waals surface area contributed by atoms with E-state index in [1.165, 1.54) is 6.42 Å². The molecule has 0 unspecified atom stereocenters. The van der Waals surface area contributed by atoms with Crippen molar-refractivity contribution in [2.45, 2.75) is 19.3 Å². The van der Waals surface area contributed by atoms with Crippen LogP contribution in [0, 0.1) is 5.92 Å². The first-order valence-corrected chi connectivity index (χ1v) is 4.31. The summed E-state index contributed by atoms with van der Waals surface area (Å²) in [7, 11) is 1.83. The monoisotopic (exact) mass is 164 g/mol. The third kappa shape index (κ3) is 1.15. The minimum Gasteiger partial charge on any atom is -0.292 e. The van der Waals surface area contributed by atoms with E-state index in [9.17, 15) is 4.79 Å². The maximum Gasteiger partial charge on any atom is 0.186 e. The molecule has 1 aromatic rings. The first-order chi connectivity index (χ1) is 5.77. The molecule has 1 saturated carbocycles. The topological polar surface area (TPSA) is 34.9 Å². The molecule has 64 valence electrons. The number of aromatic nitrogens is 2. The van der Waals surface area contributed by atoms with Gasteiger partial charge in [-0.3, -0.25) is 9.48 Å². The molecule has 0 radical (unpaired) electrons. The van der Waals surface area contributed by atoms with E-state index in [1.807, 2.05) is 13.2 Å². The third-order valence-corrected chi connectivity index (χ3v) is 2.44. The van der Waals surface area contributed by atoms with Crippen molar-refractivity contribution in [1.29, 1.82) is 0 Å². The zero-order valence-electron chi connectivity index (χ0n) is 7.16. The van der Waals surface area contributed by atoms with Crippen LogP contribution >= 0.6 is 0 Å². The van der Waals surface area contributed by atoms with Crippen LogP contribution in [0.1, 0.15) is 29.8 Å². The molecular formula is C9H12N2O. The zero-order chi connectivity index (χ0) is 8.55. The van der Waals surface area contributed by atoms with Gasteiger partial charge in [-0.2, -0.15) is 5.10 Å². The number of ketones is 1. The van der Waals surface area contributed by atoms with E-state index in [1.54, 1.807) is 10.7 Å². The van der Waals surface area contributed by atoms with Crippen LogP contribution in [-0.4, -0.2) is 15.6 Å². The van der Waals surface area contributed by atoms with Crippen LogP contribution in [0.2, 0.25) is 0 Å². The number of nitrogens with zero attached hydrogens (tertiary/aromatic N) is 2. The van der Waals surface area contributed by atoms with Crippen molar-refractivity contribution in [3.8, 4) is 0 Å². The van der Waals surface area contributed by atoms with Gasteiger partial charge in [0, 0.05) is 19.2 Å². The molecule has 0 aliphatic heterocycles. The van der Waals surface area contributed by atoms with Gasteiger partial charge < -0.3 is 0 Å². The van der Waals surface area contributed by atoms with Crippen molar-refractivity contribution in [3.63, 3.8) is 0 Å². The van der Waals surface area contributed by atoms with Gasteiger partial charge >= 0.3 is 0 Å². The molecule has 3 nitrogen and oxygen atoms in total. The quantitative estimate of drug-likeness (QED) is 0.619. The summed E-state index contributed by atoms with van der Waals surface area (Å²) < 4.78 is 1.67. The van der Waals surface area contributed by atoms with Crippen molar-refractivity contribution < 1.29 is 4.79 Å². The van der Waals surface area contributed by atoms with Crippen LogP contribution in [0.15, 0.2) is 12.3 Å². The number of carbonyl (C=O) groups excluding carboxylic acids is 1. The lowest BCUT2D eigenvalue weighted by atomic mass is 9.81. The highest BCUT2D eigenvalue weighted by atomic mass is 16.1. The minimum absolute atomic E-state index is 0.224. The molecule has 3 heteroatoms. The molecule has 0 bridgehead atoms. The molecule has 0 atom stereocenters. The fourth-order valence-corrected chi connectivity index (χ4v) is 1.43. The Morgan fingerprint density at radius 3 is 2.83 bits per heavy atom. The molecular weight excluding hydrogens is 152 g/mol. The summed E-state index contributed by atoms with van der Waals surface area (Å²) in [5.41, 5.74) is 0.627. The van der Waals surface area contributed by atoms with E-state index in [0.29, 0.717) is 5.69 Å². The number of aryl methyl sites for hydroxylation is 1. The van der Waals surface area contributed by atoms with Crippen LogP contribution in [0.5, 0.6) is 0 Å². The zero-order valence-corrected chi connectivity index (χ0v) is 7.16. The van der Waals surface area contributed by atoms with E-state index in [-0.39, 0.29) is 11.7 Å². The smallest absolute Gasteiger partial charge is 0.186 e. The standard InChI is InChI=1S/C9H12N2O/c1-11-6-5-8(10-11)9(12)7-3-2-4-7/h5-7H,2-4H2,1H3. The van der Waals surface area contributed by atoms with Gasteiger partial charge in [-0.05, 0) is 18.9 Å². The van der Waals surface area contributed by atoms with Crippen molar-refractivity contribution >= 4 is 5.78 Å². The summed E-state index contributed by atoms with van der Waals surface area (Å²) in [4.78, 5) is 11.6. The van der Waals surface area contributed by atoms with Gasteiger partial charge in [0.15, 0.2) is 5.78 Å². The van der Waals surface area contributed by atoms with E-state index in [4.69, 9.17) is 0 Å². The van der Waals surface area contributed by atoms with Crippen LogP contribution in [0.4, 0.5) is 0 Å². The van der Waals surface area contributed by atoms with E-state index < -0.39 is 0 Å². The van der Waals surface area contributed by atoms with Crippen molar-refractivity contribution in [2.24, 2.45) is 13.0 Å². The maximum atomic E-state index is 11.6. The number of hydrogen-bond donors (Lipinski definition) is 0. The van der Waals surface area contributed by atoms with Crippen LogP contribution in [0.3, 0.4) is 0 Å². The first kappa shape index (κ1) is 7.53. The van der Waals surface area contributed by atoms with Gasteiger partial charge in [0.05, 0.1) is 0 Å². The predicted molar refractivity (Wildman–Crippen MR) is 44.9 cm³/mol. The lowest BCUT2D eigenvalue weighted by molar-refractivity contribution is 0.0849. The maximum absolute atomic E-state index is 11.6. The van der Waals surface area contributed by atoms with Crippen molar-refractivity contribution in [2.75, 3.05) is 0 Å². The average molecular weight is 164 g/mol. The van der Waals surface area contributed by atoms with E-state index in [2.05, 4.69) is 5.10 Å². The third-order valence-electron chi connectivity index (χ3n) is 2.44. The SMILES string of the molecule is Cn1ccc(C(=O)C2CCC2)n1. The molecule has 1 fully saturated rings. The molecule has 1 heterocycles. The Balaban J connectivity index is 2.13. The molecule has 1 aromatic heterocycles. The second kappa shape index (κ2) is 2.73. The minimum atomic E-state index is 0.224. The van der Waals surface area contributed by atoms with Gasteiger partial charge in [-0.15, -0.1) is 0 Å². The van der Waals surface area contributed by atoms with Crippen LogP contribution in [0.25, 0.3) is 0 Å². The molecule has 0 aromatic carbocycles. The Morgan fingerprint density at radius 2 is 2.42 bits per heavy atom. The fraction of sp³-hybridized carbons (Fsp3) is 0.556. The van der Waals surface area contributed by atoms with Gasteiger partial charge in [0.25, 0.3) is 0 Å². The highest BCUT2D eigenvalue weighted by Gasteiger charge is 2.27. The Morgan fingerprint density at radius 1 is 1.67 bits per heavy atom. The van der Waals surface area contributed by atoms with Gasteiger partial charge in [0.1, 0.15) is 5.69 Å². The number of hydrogen-bond acceptors (Lipinski definition) is 2. The fourth-order valence-electron chi connectivity index (χ4n) is 1.43. The summed E-state index contributed by atoms with van der Waals surface area (Å²) in [6.45, 7) is 0. The van der Waals surface area contributed by atoms with E-state index >= 15 is 0 Å². The lowest BCUT2D eigenvalue weighted by Crippen LogP contribution is -2.22. The Hall–Kier alpha value is -1.12. The first-order valence-electron chi connectivity index (χ1n) is 4.31.